The van der Waals surface area contributed by atoms with Crippen LogP contribution in [-0.2, 0) is 4.79 Å². The van der Waals surface area contributed by atoms with Gasteiger partial charge >= 0.3 is 5.97 Å². The van der Waals surface area contributed by atoms with E-state index in [4.69, 9.17) is 9.47 Å². The number of esters is 1. The van der Waals surface area contributed by atoms with Gasteiger partial charge in [0.1, 0.15) is 17.6 Å². The van der Waals surface area contributed by atoms with Crippen LogP contribution in [0.15, 0.2) is 12.2 Å². The van der Waals surface area contributed by atoms with E-state index in [1.807, 2.05) is 20.8 Å². The molecule has 0 bridgehead atoms. The summed E-state index contributed by atoms with van der Waals surface area (Å²) < 4.78 is 11.5. The Balaban J connectivity index is 2.21. The van der Waals surface area contributed by atoms with Gasteiger partial charge in [-0.2, -0.15) is 0 Å². The van der Waals surface area contributed by atoms with E-state index in [1.165, 1.54) is 12.5 Å². The van der Waals surface area contributed by atoms with Gasteiger partial charge in [-0.15, -0.1) is 0 Å². The summed E-state index contributed by atoms with van der Waals surface area (Å²) in [5, 5.41) is 0. The largest absolute Gasteiger partial charge is 0.489 e. The predicted molar refractivity (Wildman–Crippen MR) is 72.9 cm³/mol. The quantitative estimate of drug-likeness (QED) is 0.440. The summed E-state index contributed by atoms with van der Waals surface area (Å²) in [7, 11) is 0. The number of carbonyl (C=O) groups excluding carboxylic acids is 1. The summed E-state index contributed by atoms with van der Waals surface area (Å²) in [6, 6.07) is 0. The third kappa shape index (κ3) is 1.68. The lowest BCUT2D eigenvalue weighted by atomic mass is 9.90. The Hall–Kier alpha value is -1.77. The summed E-state index contributed by atoms with van der Waals surface area (Å²) in [6.07, 6.45) is 5.55. The van der Waals surface area contributed by atoms with Crippen LogP contribution in [0.3, 0.4) is 0 Å². The topological polar surface area (TPSA) is 35.5 Å². The molecule has 1 aliphatic carbocycles. The molecule has 3 heteroatoms. The van der Waals surface area contributed by atoms with Crippen molar-refractivity contribution >= 4 is 5.97 Å². The monoisotopic (exact) mass is 258 g/mol. The Morgan fingerprint density at radius 2 is 2.00 bits per heavy atom. The molecule has 3 nitrogen and oxygen atoms in total. The molecular weight excluding hydrogens is 240 g/mol. The second-order valence-electron chi connectivity index (χ2n) is 5.39. The van der Waals surface area contributed by atoms with E-state index in [-0.39, 0.29) is 12.1 Å². The molecule has 0 radical (unpaired) electrons. The highest BCUT2D eigenvalue weighted by atomic mass is 16.5. The summed E-state index contributed by atoms with van der Waals surface area (Å²) in [5.41, 5.74) is 4.31. The maximum Gasteiger partial charge on any atom is 0.308 e. The van der Waals surface area contributed by atoms with Crippen LogP contribution in [0.2, 0.25) is 0 Å². The molecule has 0 saturated carbocycles. The second-order valence-corrected chi connectivity index (χ2v) is 5.39. The van der Waals surface area contributed by atoms with Gasteiger partial charge in [0.05, 0.1) is 0 Å². The van der Waals surface area contributed by atoms with Gasteiger partial charge in [-0.1, -0.05) is 12.2 Å². The molecule has 1 aromatic rings. The Bertz CT molecular complexity index is 599. The van der Waals surface area contributed by atoms with Crippen LogP contribution in [0.4, 0.5) is 0 Å². The van der Waals surface area contributed by atoms with E-state index in [1.54, 1.807) is 0 Å². The minimum absolute atomic E-state index is 0.222. The van der Waals surface area contributed by atoms with Crippen molar-refractivity contribution in [3.05, 3.63) is 34.4 Å². The zero-order valence-electron chi connectivity index (χ0n) is 11.7. The van der Waals surface area contributed by atoms with Crippen LogP contribution in [0.5, 0.6) is 11.5 Å². The first-order valence-electron chi connectivity index (χ1n) is 6.66. The van der Waals surface area contributed by atoms with Gasteiger partial charge in [-0.25, -0.2) is 0 Å². The zero-order valence-corrected chi connectivity index (χ0v) is 11.7. The standard InChI is InChI=1S/C16H18O3/c1-8-9(2)16-14(10(3)15(8)18-11(4)17)12-6-5-7-13(12)19-16/h5-6,12-13H,7H2,1-4H3/t12-,13+/m1/s1. The second kappa shape index (κ2) is 4.12. The SMILES string of the molecule is CC(=O)Oc1c(C)c(C)c2c(c1C)[C@@H]1C=CC[C@@H]1O2. The van der Waals surface area contributed by atoms with Crippen LogP contribution < -0.4 is 9.47 Å². The average Bonchev–Trinajstić information content (AvgIpc) is 2.91. The van der Waals surface area contributed by atoms with Crippen LogP contribution >= 0.6 is 0 Å². The highest BCUT2D eigenvalue weighted by molar-refractivity contribution is 5.72. The van der Waals surface area contributed by atoms with Crippen LogP contribution in [0, 0.1) is 20.8 Å². The molecule has 0 saturated heterocycles. The molecule has 3 rings (SSSR count). The highest BCUT2D eigenvalue weighted by Gasteiger charge is 2.39. The normalized spacial score (nSPS) is 22.9. The van der Waals surface area contributed by atoms with Crippen molar-refractivity contribution in [3.63, 3.8) is 0 Å². The molecule has 0 amide bonds. The van der Waals surface area contributed by atoms with E-state index in [0.29, 0.717) is 11.7 Å². The number of hydrogen-bond donors (Lipinski definition) is 0. The first-order valence-corrected chi connectivity index (χ1v) is 6.66. The number of rotatable bonds is 1. The number of carbonyl (C=O) groups is 1. The molecule has 100 valence electrons. The molecule has 0 N–H and O–H groups in total. The molecule has 2 aliphatic rings. The first kappa shape index (κ1) is 12.3. The molecule has 0 fully saturated rings. The van der Waals surface area contributed by atoms with Gasteiger partial charge in [-0.05, 0) is 37.5 Å². The van der Waals surface area contributed by atoms with Crippen molar-refractivity contribution in [1.29, 1.82) is 0 Å². The third-order valence-electron chi connectivity index (χ3n) is 4.19. The number of ether oxygens (including phenoxy) is 2. The first-order chi connectivity index (χ1) is 9.00. The fraction of sp³-hybridized carbons (Fsp3) is 0.438. The third-order valence-corrected chi connectivity index (χ3v) is 4.19. The van der Waals surface area contributed by atoms with Crippen LogP contribution in [0.1, 0.15) is 41.5 Å². The van der Waals surface area contributed by atoms with E-state index in [2.05, 4.69) is 12.2 Å². The summed E-state index contributed by atoms with van der Waals surface area (Å²) >= 11 is 0. The Morgan fingerprint density at radius 1 is 1.26 bits per heavy atom. The molecule has 1 aromatic carbocycles. The molecule has 0 aromatic heterocycles. The minimum atomic E-state index is -0.275. The molecule has 0 unspecified atom stereocenters. The highest BCUT2D eigenvalue weighted by Crippen LogP contribution is 2.50. The predicted octanol–water partition coefficient (Wildman–Crippen LogP) is 3.34. The summed E-state index contributed by atoms with van der Waals surface area (Å²) in [6.45, 7) is 7.47. The molecule has 1 heterocycles. The maximum absolute atomic E-state index is 11.3. The van der Waals surface area contributed by atoms with Gasteiger partial charge in [0.2, 0.25) is 0 Å². The van der Waals surface area contributed by atoms with Gasteiger partial charge in [-0.3, -0.25) is 4.79 Å². The lowest BCUT2D eigenvalue weighted by Gasteiger charge is -2.17. The van der Waals surface area contributed by atoms with E-state index >= 15 is 0 Å². The molecule has 1 aliphatic heterocycles. The Morgan fingerprint density at radius 3 is 2.68 bits per heavy atom. The summed E-state index contributed by atoms with van der Waals surface area (Å²) in [4.78, 5) is 11.3. The van der Waals surface area contributed by atoms with E-state index in [0.717, 1.165) is 28.9 Å². The fourth-order valence-electron chi connectivity index (χ4n) is 3.15. The van der Waals surface area contributed by atoms with Crippen molar-refractivity contribution < 1.29 is 14.3 Å². The maximum atomic E-state index is 11.3. The van der Waals surface area contributed by atoms with Crippen molar-refractivity contribution in [2.75, 3.05) is 0 Å². The van der Waals surface area contributed by atoms with Gasteiger partial charge in [0, 0.05) is 24.8 Å². The molecular formula is C16H18O3. The molecule has 2 atom stereocenters. The van der Waals surface area contributed by atoms with Crippen molar-refractivity contribution in [2.24, 2.45) is 0 Å². The van der Waals surface area contributed by atoms with E-state index in [9.17, 15) is 4.79 Å². The lowest BCUT2D eigenvalue weighted by Crippen LogP contribution is -2.12. The van der Waals surface area contributed by atoms with E-state index < -0.39 is 0 Å². The number of fused-ring (bicyclic) bond motifs is 3. The van der Waals surface area contributed by atoms with Crippen LogP contribution in [0.25, 0.3) is 0 Å². The zero-order chi connectivity index (χ0) is 13.7. The number of hydrogen-bond acceptors (Lipinski definition) is 3. The average molecular weight is 258 g/mol. The summed E-state index contributed by atoms with van der Waals surface area (Å²) in [5.74, 6) is 1.73. The number of benzene rings is 1. The fourth-order valence-corrected chi connectivity index (χ4v) is 3.15. The van der Waals surface area contributed by atoms with Crippen molar-refractivity contribution in [3.8, 4) is 11.5 Å². The smallest absolute Gasteiger partial charge is 0.308 e. The Labute approximate surface area is 113 Å². The van der Waals surface area contributed by atoms with Crippen LogP contribution in [-0.4, -0.2) is 12.1 Å². The van der Waals surface area contributed by atoms with Crippen molar-refractivity contribution in [2.45, 2.75) is 46.1 Å². The minimum Gasteiger partial charge on any atom is -0.489 e. The molecule has 0 spiro atoms. The van der Waals surface area contributed by atoms with Crippen molar-refractivity contribution in [1.82, 2.24) is 0 Å². The van der Waals surface area contributed by atoms with Gasteiger partial charge in [0.15, 0.2) is 0 Å². The lowest BCUT2D eigenvalue weighted by molar-refractivity contribution is -0.131. The van der Waals surface area contributed by atoms with Gasteiger partial charge in [0.25, 0.3) is 0 Å². The molecule has 19 heavy (non-hydrogen) atoms. The Kier molecular flexibility index (Phi) is 2.66. The van der Waals surface area contributed by atoms with Gasteiger partial charge < -0.3 is 9.47 Å².